The number of aliphatic hydroxyl groups excluding tert-OH is 1. The lowest BCUT2D eigenvalue weighted by atomic mass is 9.91. The summed E-state index contributed by atoms with van der Waals surface area (Å²) in [6.07, 6.45) is 2.31. The summed E-state index contributed by atoms with van der Waals surface area (Å²) in [6, 6.07) is 8.71. The number of carbonyl (C=O) groups is 11. The number of methoxy groups -OCH3 is 2. The van der Waals surface area contributed by atoms with Crippen molar-refractivity contribution in [3.63, 3.8) is 0 Å². The molecule has 4 rings (SSSR count). The highest BCUT2D eigenvalue weighted by Crippen LogP contribution is 2.30. The van der Waals surface area contributed by atoms with Crippen molar-refractivity contribution < 1.29 is 72.1 Å². The highest BCUT2D eigenvalue weighted by atomic mass is 16.6. The van der Waals surface area contributed by atoms with E-state index in [-0.39, 0.29) is 80.8 Å². The minimum atomic E-state index is -1.11. The Labute approximate surface area is 547 Å². The van der Waals surface area contributed by atoms with Crippen molar-refractivity contribution in [3.05, 3.63) is 77.9 Å². The average molecular weight is 1300 g/mol. The van der Waals surface area contributed by atoms with Gasteiger partial charge in [0.05, 0.1) is 48.8 Å². The first kappa shape index (κ1) is 77.5. The van der Waals surface area contributed by atoms with Crippen molar-refractivity contribution in [2.24, 2.45) is 35.3 Å². The molecule has 0 aromatic heterocycles. The second-order valence-electron chi connectivity index (χ2n) is 25.6. The number of benzene rings is 2. The van der Waals surface area contributed by atoms with Gasteiger partial charge in [0.1, 0.15) is 30.8 Å². The van der Waals surface area contributed by atoms with Crippen LogP contribution in [0.3, 0.4) is 0 Å². The molecule has 1 saturated heterocycles. The minimum absolute atomic E-state index is 0.0840. The summed E-state index contributed by atoms with van der Waals surface area (Å²) in [5.74, 6) is -6.09. The number of nitrogens with two attached hydrogens (primary N) is 1. The van der Waals surface area contributed by atoms with Gasteiger partial charge in [-0.1, -0.05) is 111 Å². The molecule has 516 valence electrons. The van der Waals surface area contributed by atoms with E-state index < -0.39 is 120 Å². The highest BCUT2D eigenvalue weighted by molar-refractivity contribution is 6.12. The maximum absolute atomic E-state index is 14.7. The number of likely N-dealkylation sites (tertiary alicyclic amines) is 1. The zero-order chi connectivity index (χ0) is 69.4. The molecule has 2 aliphatic heterocycles. The van der Waals surface area contributed by atoms with E-state index >= 15 is 0 Å². The molecule has 12 amide bonds. The Hall–Kier alpha value is -7.97. The molecule has 0 saturated carbocycles. The number of anilines is 1. The lowest BCUT2D eigenvalue weighted by Crippen LogP contribution is -2.60. The van der Waals surface area contributed by atoms with Gasteiger partial charge < -0.3 is 66.8 Å². The van der Waals surface area contributed by atoms with Crippen LogP contribution in [-0.2, 0) is 64.0 Å². The zero-order valence-corrected chi connectivity index (χ0v) is 56.7. The predicted molar refractivity (Wildman–Crippen MR) is 349 cm³/mol. The maximum atomic E-state index is 14.7. The number of nitrogens with zero attached hydrogens (tertiary/aromatic N) is 4. The fraction of sp³-hybridized carbons (Fsp3) is 0.627. The molecule has 11 atom stereocenters. The van der Waals surface area contributed by atoms with Crippen LogP contribution in [0.5, 0.6) is 0 Å². The van der Waals surface area contributed by atoms with Gasteiger partial charge in [-0.3, -0.25) is 53.0 Å². The largest absolute Gasteiger partial charge is 0.445 e. The molecule has 0 radical (unpaired) electrons. The summed E-state index contributed by atoms with van der Waals surface area (Å²) in [4.78, 5) is 152. The molecule has 26 nitrogen and oxygen atoms in total. The van der Waals surface area contributed by atoms with Crippen molar-refractivity contribution in [2.75, 3.05) is 53.3 Å². The monoisotopic (exact) mass is 1300 g/mol. The number of primary amides is 1. The molecular weight excluding hydrogens is 1200 g/mol. The maximum Gasteiger partial charge on any atom is 0.410 e. The number of hydrogen-bond acceptors (Lipinski definition) is 15. The summed E-state index contributed by atoms with van der Waals surface area (Å²) < 4.78 is 17.7. The van der Waals surface area contributed by atoms with Crippen LogP contribution in [0, 0.1) is 29.6 Å². The minimum Gasteiger partial charge on any atom is -0.445 e. The van der Waals surface area contributed by atoms with Crippen LogP contribution in [0.15, 0.2) is 66.7 Å². The van der Waals surface area contributed by atoms with Crippen molar-refractivity contribution in [1.82, 2.24) is 46.2 Å². The molecule has 9 N–H and O–H groups in total. The summed E-state index contributed by atoms with van der Waals surface area (Å²) in [6.45, 7) is 18.4. The molecule has 26 heteroatoms. The second kappa shape index (κ2) is 37.7. The number of amides is 12. The van der Waals surface area contributed by atoms with E-state index in [1.165, 1.54) is 43.2 Å². The molecule has 1 unspecified atom stereocenters. The number of likely N-dealkylation sites (N-methyl/N-ethyl adjacent to an activating group) is 2. The summed E-state index contributed by atoms with van der Waals surface area (Å²) >= 11 is 0. The third-order valence-corrected chi connectivity index (χ3v) is 17.2. The SMILES string of the molecule is COC([C@@H](C)C(=O)N[C@H](C)[C@@H](O)c1ccccc1)[C@@H]1CCCN1C(=O)C[C@@H](OC)[C@H](C(C)C)N(C)C(=O)[C@@H](NC(=O)[C@H](C(C)C)N(C)C(=O)OCc1ccc(NC(=O)[C@H](CCCNC(N)=O)NC(=O)[C@@H](NC(=O)CCCCCN2C(=O)C=CC2=O)C(C)C)cc1)C(C)C. The Morgan fingerprint density at radius 3 is 1.89 bits per heavy atom. The topological polar surface area (TPSA) is 347 Å². The Kier molecular flexibility index (Phi) is 31.4. The Bertz CT molecular complexity index is 2850. The number of aliphatic hydroxyl groups is 1. The van der Waals surface area contributed by atoms with Gasteiger partial charge in [0, 0.05) is 72.2 Å². The zero-order valence-electron chi connectivity index (χ0n) is 56.7. The van der Waals surface area contributed by atoms with Crippen molar-refractivity contribution in [1.29, 1.82) is 0 Å². The molecule has 0 spiro atoms. The Morgan fingerprint density at radius 2 is 1.32 bits per heavy atom. The van der Waals surface area contributed by atoms with Gasteiger partial charge >= 0.3 is 12.1 Å². The second-order valence-corrected chi connectivity index (χ2v) is 25.6. The van der Waals surface area contributed by atoms with Crippen LogP contribution in [0.25, 0.3) is 0 Å². The van der Waals surface area contributed by atoms with Gasteiger partial charge in [-0.2, -0.15) is 0 Å². The number of nitrogens with one attached hydrogen (secondary N) is 6. The van der Waals surface area contributed by atoms with E-state index in [1.54, 1.807) is 104 Å². The van der Waals surface area contributed by atoms with Crippen LogP contribution in [0.4, 0.5) is 15.3 Å². The van der Waals surface area contributed by atoms with Crippen LogP contribution in [-0.4, -0.2) is 192 Å². The molecule has 2 heterocycles. The first-order chi connectivity index (χ1) is 43.9. The molecule has 0 aliphatic carbocycles. The molecular formula is C67H103N11O15. The Morgan fingerprint density at radius 1 is 0.688 bits per heavy atom. The first-order valence-electron chi connectivity index (χ1n) is 32.4. The van der Waals surface area contributed by atoms with E-state index in [1.807, 2.05) is 32.0 Å². The van der Waals surface area contributed by atoms with E-state index in [0.717, 1.165) is 4.90 Å². The van der Waals surface area contributed by atoms with Gasteiger partial charge in [0.2, 0.25) is 41.4 Å². The quantitative estimate of drug-likeness (QED) is 0.0336. The Balaban J connectivity index is 1.36. The van der Waals surface area contributed by atoms with Crippen LogP contribution in [0.2, 0.25) is 0 Å². The lowest BCUT2D eigenvalue weighted by molar-refractivity contribution is -0.147. The number of hydrogen-bond donors (Lipinski definition) is 8. The first-order valence-corrected chi connectivity index (χ1v) is 32.4. The van der Waals surface area contributed by atoms with E-state index in [9.17, 15) is 57.8 Å². The third kappa shape index (κ3) is 22.9. The highest BCUT2D eigenvalue weighted by Gasteiger charge is 2.44. The van der Waals surface area contributed by atoms with Gasteiger partial charge in [0.25, 0.3) is 11.8 Å². The smallest absolute Gasteiger partial charge is 0.410 e. The number of imide groups is 1. The van der Waals surface area contributed by atoms with Gasteiger partial charge in [-0.25, -0.2) is 9.59 Å². The fourth-order valence-electron chi connectivity index (χ4n) is 12.0. The van der Waals surface area contributed by atoms with E-state index in [4.69, 9.17) is 19.9 Å². The van der Waals surface area contributed by atoms with E-state index in [0.29, 0.717) is 55.5 Å². The average Bonchev–Trinajstić information content (AvgIpc) is 1.80. The fourth-order valence-corrected chi connectivity index (χ4v) is 12.0. The predicted octanol–water partition coefficient (Wildman–Crippen LogP) is 4.69. The molecule has 1 fully saturated rings. The molecule has 0 bridgehead atoms. The molecule has 2 aliphatic rings. The number of rotatable bonds is 37. The van der Waals surface area contributed by atoms with E-state index in [2.05, 4.69) is 31.9 Å². The number of carbonyl (C=O) groups excluding carboxylic acids is 11. The molecule has 93 heavy (non-hydrogen) atoms. The molecule has 2 aromatic rings. The normalized spacial score (nSPS) is 17.2. The summed E-state index contributed by atoms with van der Waals surface area (Å²) in [5.41, 5.74) is 6.76. The summed E-state index contributed by atoms with van der Waals surface area (Å²) in [7, 11) is 6.04. The van der Waals surface area contributed by atoms with Gasteiger partial charge in [0.15, 0.2) is 0 Å². The summed E-state index contributed by atoms with van der Waals surface area (Å²) in [5, 5.41) is 27.6. The molecule has 2 aromatic carbocycles. The van der Waals surface area contributed by atoms with Crippen molar-refractivity contribution in [3.8, 4) is 0 Å². The van der Waals surface area contributed by atoms with Crippen LogP contribution >= 0.6 is 0 Å². The standard InChI is InChI=1S/C67H103N11O15/c1-39(2)55(73-51(79)27-19-16-20-35-78-52(80)32-33-53(78)81)63(86)72-48(25-21-34-69-66(68)89)62(85)71-47-30-28-45(29-31-47)38-93-67(90)76(12)58(42(7)8)64(87)74-56(40(3)4)65(88)75(11)57(41(5)6)50(91-13)37-54(82)77-36-22-26-49(77)60(92-14)43(9)61(84)70-44(10)59(83)46-23-17-15-18-24-46/h15,17-18,23-24,28-33,39-44,48-50,55-60,83H,16,19-22,25-27,34-38H2,1-14H3,(H,70,84)(H,71,85)(H,72,86)(H,73,79)(H,74,87)(H3,68,69,89)/t43-,44-,48+,49+,50-,55+,56+,57+,58+,59-,60?/m1/s1. The van der Waals surface area contributed by atoms with Crippen LogP contribution < -0.4 is 37.6 Å². The van der Waals surface area contributed by atoms with Gasteiger partial charge in [-0.15, -0.1) is 0 Å². The lowest BCUT2D eigenvalue weighted by Gasteiger charge is -2.40. The van der Waals surface area contributed by atoms with Crippen molar-refractivity contribution >= 4 is 71.0 Å². The number of urea groups is 1. The third-order valence-electron chi connectivity index (χ3n) is 17.2. The number of unbranched alkanes of at least 4 members (excludes halogenated alkanes) is 2. The number of ether oxygens (including phenoxy) is 3. The van der Waals surface area contributed by atoms with Gasteiger partial charge in [-0.05, 0) is 92.4 Å². The van der Waals surface area contributed by atoms with Crippen molar-refractivity contribution in [2.45, 2.75) is 194 Å². The van der Waals surface area contributed by atoms with Crippen LogP contribution in [0.1, 0.15) is 144 Å².